The number of rotatable bonds is 6. The Hall–Kier alpha value is -2.20. The number of hydrogen-bond donors (Lipinski definition) is 1. The second-order valence-electron chi connectivity index (χ2n) is 4.76. The summed E-state index contributed by atoms with van der Waals surface area (Å²) in [5.74, 6) is 1.63. The number of methoxy groups -OCH3 is 2. The SMILES string of the molecule is COc1cc(CO)cc(OC)c1OCc1ccc(C)cc1. The number of hydrogen-bond acceptors (Lipinski definition) is 4. The van der Waals surface area contributed by atoms with E-state index in [9.17, 15) is 5.11 Å². The zero-order valence-corrected chi connectivity index (χ0v) is 12.6. The monoisotopic (exact) mass is 288 g/mol. The van der Waals surface area contributed by atoms with Crippen LogP contribution >= 0.6 is 0 Å². The largest absolute Gasteiger partial charge is 0.493 e. The third-order valence-corrected chi connectivity index (χ3v) is 3.21. The van der Waals surface area contributed by atoms with Crippen LogP contribution in [0.3, 0.4) is 0 Å². The van der Waals surface area contributed by atoms with Crippen LogP contribution in [-0.4, -0.2) is 19.3 Å². The van der Waals surface area contributed by atoms with Crippen molar-refractivity contribution in [2.75, 3.05) is 14.2 Å². The first-order valence-corrected chi connectivity index (χ1v) is 6.72. The lowest BCUT2D eigenvalue weighted by Crippen LogP contribution is -2.01. The van der Waals surface area contributed by atoms with Crippen molar-refractivity contribution in [3.05, 3.63) is 53.1 Å². The zero-order chi connectivity index (χ0) is 15.2. The molecular weight excluding hydrogens is 268 g/mol. The summed E-state index contributed by atoms with van der Waals surface area (Å²) in [5, 5.41) is 9.25. The van der Waals surface area contributed by atoms with Crippen LogP contribution < -0.4 is 14.2 Å². The van der Waals surface area contributed by atoms with Crippen LogP contribution in [0, 0.1) is 6.92 Å². The van der Waals surface area contributed by atoms with Crippen LogP contribution in [0.1, 0.15) is 16.7 Å². The van der Waals surface area contributed by atoms with Gasteiger partial charge in [-0.25, -0.2) is 0 Å². The lowest BCUT2D eigenvalue weighted by molar-refractivity contribution is 0.260. The topological polar surface area (TPSA) is 47.9 Å². The molecular formula is C17H20O4. The molecule has 0 heterocycles. The maximum atomic E-state index is 9.25. The quantitative estimate of drug-likeness (QED) is 0.887. The normalized spacial score (nSPS) is 10.3. The molecule has 4 heteroatoms. The van der Waals surface area contributed by atoms with E-state index in [2.05, 4.69) is 0 Å². The highest BCUT2D eigenvalue weighted by Gasteiger charge is 2.14. The summed E-state index contributed by atoms with van der Waals surface area (Å²) in [7, 11) is 3.13. The fraction of sp³-hybridized carbons (Fsp3) is 0.294. The van der Waals surface area contributed by atoms with E-state index in [-0.39, 0.29) is 6.61 Å². The maximum absolute atomic E-state index is 9.25. The summed E-state index contributed by atoms with van der Waals surface area (Å²) in [6, 6.07) is 11.6. The summed E-state index contributed by atoms with van der Waals surface area (Å²) < 4.78 is 16.5. The number of ether oxygens (including phenoxy) is 3. The third-order valence-electron chi connectivity index (χ3n) is 3.21. The second-order valence-corrected chi connectivity index (χ2v) is 4.76. The Morgan fingerprint density at radius 3 is 1.95 bits per heavy atom. The minimum Gasteiger partial charge on any atom is -0.493 e. The molecule has 0 fully saturated rings. The average Bonchev–Trinajstić information content (AvgIpc) is 2.53. The van der Waals surface area contributed by atoms with Crippen molar-refractivity contribution in [3.63, 3.8) is 0 Å². The molecule has 0 aliphatic heterocycles. The van der Waals surface area contributed by atoms with Crippen LogP contribution in [0.4, 0.5) is 0 Å². The molecule has 0 saturated heterocycles. The predicted octanol–water partition coefficient (Wildman–Crippen LogP) is 3.08. The summed E-state index contributed by atoms with van der Waals surface area (Å²) >= 11 is 0. The van der Waals surface area contributed by atoms with E-state index in [1.807, 2.05) is 31.2 Å². The van der Waals surface area contributed by atoms with Crippen LogP contribution in [0.2, 0.25) is 0 Å². The third kappa shape index (κ3) is 3.67. The first-order chi connectivity index (χ1) is 10.2. The van der Waals surface area contributed by atoms with Gasteiger partial charge in [0.1, 0.15) is 6.61 Å². The Kier molecular flexibility index (Phi) is 5.06. The van der Waals surface area contributed by atoms with E-state index in [1.54, 1.807) is 26.4 Å². The van der Waals surface area contributed by atoms with Gasteiger partial charge in [-0.3, -0.25) is 0 Å². The van der Waals surface area contributed by atoms with Gasteiger partial charge in [0.05, 0.1) is 20.8 Å². The van der Waals surface area contributed by atoms with Crippen molar-refractivity contribution in [1.82, 2.24) is 0 Å². The zero-order valence-electron chi connectivity index (χ0n) is 12.6. The highest BCUT2D eigenvalue weighted by atomic mass is 16.5. The molecule has 0 amide bonds. The van der Waals surface area contributed by atoms with E-state index < -0.39 is 0 Å². The Morgan fingerprint density at radius 2 is 1.48 bits per heavy atom. The standard InChI is InChI=1S/C17H20O4/c1-12-4-6-13(7-5-12)11-21-17-15(19-2)8-14(10-18)9-16(17)20-3/h4-9,18H,10-11H2,1-3H3. The van der Waals surface area contributed by atoms with Crippen LogP contribution in [0.15, 0.2) is 36.4 Å². The summed E-state index contributed by atoms with van der Waals surface area (Å²) in [6.45, 7) is 2.39. The molecule has 0 aliphatic rings. The van der Waals surface area contributed by atoms with Crippen LogP contribution in [-0.2, 0) is 13.2 Å². The van der Waals surface area contributed by atoms with Crippen molar-refractivity contribution >= 4 is 0 Å². The molecule has 0 aromatic heterocycles. The molecule has 0 bridgehead atoms. The smallest absolute Gasteiger partial charge is 0.203 e. The molecule has 112 valence electrons. The van der Waals surface area contributed by atoms with Gasteiger partial charge in [-0.15, -0.1) is 0 Å². The molecule has 0 aliphatic carbocycles. The average molecular weight is 288 g/mol. The number of aryl methyl sites for hydroxylation is 1. The molecule has 2 rings (SSSR count). The molecule has 2 aromatic carbocycles. The Morgan fingerprint density at radius 1 is 0.905 bits per heavy atom. The van der Waals surface area contributed by atoms with E-state index in [0.717, 1.165) is 5.56 Å². The highest BCUT2D eigenvalue weighted by molar-refractivity contribution is 5.53. The van der Waals surface area contributed by atoms with Crippen LogP contribution in [0.5, 0.6) is 17.2 Å². The minimum absolute atomic E-state index is 0.0784. The van der Waals surface area contributed by atoms with Crippen molar-refractivity contribution in [2.24, 2.45) is 0 Å². The summed E-state index contributed by atoms with van der Waals surface area (Å²) in [6.07, 6.45) is 0. The lowest BCUT2D eigenvalue weighted by atomic mass is 10.1. The molecule has 0 saturated carbocycles. The van der Waals surface area contributed by atoms with Gasteiger partial charge in [-0.2, -0.15) is 0 Å². The number of aliphatic hydroxyl groups is 1. The number of aliphatic hydroxyl groups excluding tert-OH is 1. The van der Waals surface area contributed by atoms with Gasteiger partial charge in [0, 0.05) is 0 Å². The maximum Gasteiger partial charge on any atom is 0.203 e. The Bertz CT molecular complexity index is 565. The predicted molar refractivity (Wildman–Crippen MR) is 81.0 cm³/mol. The van der Waals surface area contributed by atoms with Gasteiger partial charge in [0.2, 0.25) is 5.75 Å². The fourth-order valence-corrected chi connectivity index (χ4v) is 2.01. The van der Waals surface area contributed by atoms with Gasteiger partial charge in [-0.05, 0) is 30.2 Å². The molecule has 0 spiro atoms. The molecule has 0 atom stereocenters. The summed E-state index contributed by atoms with van der Waals surface area (Å²) in [5.41, 5.74) is 2.99. The van der Waals surface area contributed by atoms with Gasteiger partial charge < -0.3 is 19.3 Å². The van der Waals surface area contributed by atoms with E-state index >= 15 is 0 Å². The molecule has 2 aromatic rings. The fourth-order valence-electron chi connectivity index (χ4n) is 2.01. The van der Waals surface area contributed by atoms with Crippen molar-refractivity contribution in [3.8, 4) is 17.2 Å². The summed E-state index contributed by atoms with van der Waals surface area (Å²) in [4.78, 5) is 0. The van der Waals surface area contributed by atoms with Gasteiger partial charge in [0.15, 0.2) is 11.5 Å². The first-order valence-electron chi connectivity index (χ1n) is 6.72. The minimum atomic E-state index is -0.0784. The first kappa shape index (κ1) is 15.2. The Balaban J connectivity index is 2.23. The highest BCUT2D eigenvalue weighted by Crippen LogP contribution is 2.39. The van der Waals surface area contributed by atoms with Gasteiger partial charge in [0.25, 0.3) is 0 Å². The molecule has 4 nitrogen and oxygen atoms in total. The van der Waals surface area contributed by atoms with Crippen molar-refractivity contribution in [1.29, 1.82) is 0 Å². The Labute approximate surface area is 124 Å². The molecule has 21 heavy (non-hydrogen) atoms. The molecule has 0 radical (unpaired) electrons. The van der Waals surface area contributed by atoms with E-state index in [4.69, 9.17) is 14.2 Å². The van der Waals surface area contributed by atoms with Crippen LogP contribution in [0.25, 0.3) is 0 Å². The second kappa shape index (κ2) is 6.99. The van der Waals surface area contributed by atoms with Crippen molar-refractivity contribution in [2.45, 2.75) is 20.1 Å². The molecule has 1 N–H and O–H groups in total. The lowest BCUT2D eigenvalue weighted by Gasteiger charge is -2.15. The number of benzene rings is 2. The van der Waals surface area contributed by atoms with E-state index in [1.165, 1.54) is 5.56 Å². The van der Waals surface area contributed by atoms with Gasteiger partial charge in [-0.1, -0.05) is 29.8 Å². The molecule has 0 unspecified atom stereocenters. The van der Waals surface area contributed by atoms with E-state index in [0.29, 0.717) is 29.4 Å². The van der Waals surface area contributed by atoms with Gasteiger partial charge >= 0.3 is 0 Å². The van der Waals surface area contributed by atoms with Crippen molar-refractivity contribution < 1.29 is 19.3 Å².